The van der Waals surface area contributed by atoms with Crippen LogP contribution < -0.4 is 15.4 Å². The van der Waals surface area contributed by atoms with Crippen molar-refractivity contribution in [1.82, 2.24) is 10.6 Å². The molecule has 27 heavy (non-hydrogen) atoms. The van der Waals surface area contributed by atoms with Gasteiger partial charge in [0.15, 0.2) is 5.96 Å². The van der Waals surface area contributed by atoms with Crippen LogP contribution in [0.25, 0.3) is 0 Å². The van der Waals surface area contributed by atoms with Crippen molar-refractivity contribution < 1.29 is 17.7 Å². The number of rotatable bonds is 8. The predicted molar refractivity (Wildman–Crippen MR) is 106 cm³/mol. The van der Waals surface area contributed by atoms with Crippen LogP contribution >= 0.6 is 0 Å². The summed E-state index contributed by atoms with van der Waals surface area (Å²) in [7, 11) is -0.783. The summed E-state index contributed by atoms with van der Waals surface area (Å²) >= 11 is 0. The number of nitrogens with zero attached hydrogens (tertiary/aromatic N) is 1. The first kappa shape index (κ1) is 21.6. The molecule has 1 aromatic carbocycles. The molecule has 0 radical (unpaired) electrons. The van der Waals surface area contributed by atoms with E-state index < -0.39 is 17.4 Å². The van der Waals surface area contributed by atoms with Gasteiger partial charge in [0.2, 0.25) is 0 Å². The highest BCUT2D eigenvalue weighted by Crippen LogP contribution is 2.23. The van der Waals surface area contributed by atoms with E-state index in [-0.39, 0.29) is 23.6 Å². The van der Waals surface area contributed by atoms with E-state index in [0.717, 1.165) is 25.7 Å². The van der Waals surface area contributed by atoms with Crippen molar-refractivity contribution in [3.63, 3.8) is 0 Å². The number of para-hydroxylation sites is 1. The second kappa shape index (κ2) is 11.2. The lowest BCUT2D eigenvalue weighted by atomic mass is 9.95. The average Bonchev–Trinajstić information content (AvgIpc) is 2.66. The van der Waals surface area contributed by atoms with Gasteiger partial charge in [0.1, 0.15) is 5.75 Å². The van der Waals surface area contributed by atoms with Gasteiger partial charge in [-0.3, -0.25) is 4.21 Å². The topological polar surface area (TPSA) is 62.7 Å². The quantitative estimate of drug-likeness (QED) is 0.518. The molecule has 8 heteroatoms. The molecule has 3 unspecified atom stereocenters. The van der Waals surface area contributed by atoms with Gasteiger partial charge in [0.05, 0.1) is 6.54 Å². The van der Waals surface area contributed by atoms with E-state index in [4.69, 9.17) is 0 Å². The summed E-state index contributed by atoms with van der Waals surface area (Å²) in [5.74, 6) is 1.47. The Morgan fingerprint density at radius 3 is 2.81 bits per heavy atom. The van der Waals surface area contributed by atoms with Crippen molar-refractivity contribution in [3.8, 4) is 5.75 Å². The Morgan fingerprint density at radius 2 is 2.11 bits per heavy atom. The number of aliphatic imine (C=N–C) groups is 1. The minimum Gasteiger partial charge on any atom is -0.434 e. The number of ether oxygens (including phenoxy) is 1. The smallest absolute Gasteiger partial charge is 0.387 e. The third kappa shape index (κ3) is 7.08. The Labute approximate surface area is 162 Å². The lowest BCUT2D eigenvalue weighted by Crippen LogP contribution is -2.46. The van der Waals surface area contributed by atoms with E-state index in [9.17, 15) is 13.0 Å². The van der Waals surface area contributed by atoms with Crippen molar-refractivity contribution in [3.05, 3.63) is 29.8 Å². The summed E-state index contributed by atoms with van der Waals surface area (Å²) in [5.41, 5.74) is 0.601. The maximum absolute atomic E-state index is 12.6. The zero-order valence-electron chi connectivity index (χ0n) is 15.9. The van der Waals surface area contributed by atoms with E-state index in [0.29, 0.717) is 23.8 Å². The molecule has 2 rings (SSSR count). The van der Waals surface area contributed by atoms with Gasteiger partial charge in [-0.1, -0.05) is 31.5 Å². The third-order valence-corrected chi connectivity index (χ3v) is 6.30. The number of alkyl halides is 2. The first-order chi connectivity index (χ1) is 13.0. The zero-order chi connectivity index (χ0) is 19.6. The Balaban J connectivity index is 2.03. The minimum absolute atomic E-state index is 0.142. The van der Waals surface area contributed by atoms with Crippen LogP contribution in [0.3, 0.4) is 0 Å². The maximum Gasteiger partial charge on any atom is 0.387 e. The van der Waals surface area contributed by atoms with Crippen LogP contribution in [-0.4, -0.2) is 40.4 Å². The molecule has 1 fully saturated rings. The predicted octanol–water partition coefficient (Wildman–Crippen LogP) is 3.42. The number of hydrogen-bond acceptors (Lipinski definition) is 3. The normalized spacial score (nSPS) is 21.7. The second-order valence-corrected chi connectivity index (χ2v) is 8.49. The molecule has 0 amide bonds. The fourth-order valence-electron chi connectivity index (χ4n) is 3.27. The number of halogens is 2. The first-order valence-corrected chi connectivity index (χ1v) is 10.9. The SMILES string of the molecule is CCNC(=NCc1ccccc1OC(F)F)NC1CCCC(S(=O)CC)C1. The molecule has 0 heterocycles. The molecule has 0 spiro atoms. The van der Waals surface area contributed by atoms with Crippen LogP contribution in [-0.2, 0) is 17.3 Å². The largest absolute Gasteiger partial charge is 0.434 e. The van der Waals surface area contributed by atoms with Crippen LogP contribution in [0, 0.1) is 0 Å². The minimum atomic E-state index is -2.86. The molecule has 2 N–H and O–H groups in total. The number of nitrogens with one attached hydrogen (secondary N) is 2. The molecule has 1 saturated carbocycles. The zero-order valence-corrected chi connectivity index (χ0v) is 16.7. The Hall–Kier alpha value is -1.70. The van der Waals surface area contributed by atoms with Gasteiger partial charge in [-0.25, -0.2) is 4.99 Å². The standard InChI is InChI=1S/C19H29F2N3O2S/c1-3-22-19(24-15-9-7-10-16(12-15)27(25)4-2)23-13-14-8-5-6-11-17(14)26-18(20)21/h5-6,8,11,15-16,18H,3-4,7,9-10,12-13H2,1-2H3,(H2,22,23,24). The molecular formula is C19H29F2N3O2S. The van der Waals surface area contributed by atoms with Crippen LogP contribution in [0.1, 0.15) is 45.1 Å². The van der Waals surface area contributed by atoms with Crippen molar-refractivity contribution in [1.29, 1.82) is 0 Å². The lowest BCUT2D eigenvalue weighted by molar-refractivity contribution is -0.0504. The van der Waals surface area contributed by atoms with Gasteiger partial charge < -0.3 is 15.4 Å². The summed E-state index contributed by atoms with van der Waals surface area (Å²) in [6, 6.07) is 6.89. The molecule has 152 valence electrons. The second-order valence-electron chi connectivity index (χ2n) is 6.48. The molecule has 1 aliphatic carbocycles. The summed E-state index contributed by atoms with van der Waals surface area (Å²) in [5, 5.41) is 6.83. The molecule has 0 bridgehead atoms. The van der Waals surface area contributed by atoms with Gasteiger partial charge in [-0.15, -0.1) is 0 Å². The molecule has 0 aromatic heterocycles. The van der Waals surface area contributed by atoms with Crippen molar-refractivity contribution >= 4 is 16.8 Å². The monoisotopic (exact) mass is 401 g/mol. The van der Waals surface area contributed by atoms with E-state index in [2.05, 4.69) is 20.4 Å². The van der Waals surface area contributed by atoms with Crippen LogP contribution in [0.5, 0.6) is 5.75 Å². The van der Waals surface area contributed by atoms with Gasteiger partial charge in [0.25, 0.3) is 0 Å². The van der Waals surface area contributed by atoms with E-state index in [1.165, 1.54) is 6.07 Å². The summed E-state index contributed by atoms with van der Waals surface area (Å²) in [6.07, 6.45) is 3.91. The maximum atomic E-state index is 12.6. The molecule has 1 aliphatic rings. The van der Waals surface area contributed by atoms with E-state index in [1.54, 1.807) is 18.2 Å². The fraction of sp³-hybridized carbons (Fsp3) is 0.632. The van der Waals surface area contributed by atoms with Gasteiger partial charge in [0, 0.05) is 40.0 Å². The summed E-state index contributed by atoms with van der Waals surface area (Å²) < 4.78 is 41.8. The molecule has 0 saturated heterocycles. The first-order valence-electron chi connectivity index (χ1n) is 9.48. The van der Waals surface area contributed by atoms with Crippen molar-refractivity contribution in [2.45, 2.75) is 64.0 Å². The molecule has 0 aliphatic heterocycles. The Kier molecular flexibility index (Phi) is 8.97. The highest BCUT2D eigenvalue weighted by atomic mass is 32.2. The lowest BCUT2D eigenvalue weighted by Gasteiger charge is -2.30. The summed E-state index contributed by atoms with van der Waals surface area (Å²) in [4.78, 5) is 4.53. The van der Waals surface area contributed by atoms with Gasteiger partial charge in [-0.05, 0) is 32.3 Å². The van der Waals surface area contributed by atoms with Crippen molar-refractivity contribution in [2.24, 2.45) is 4.99 Å². The molecule has 5 nitrogen and oxygen atoms in total. The van der Waals surface area contributed by atoms with E-state index in [1.807, 2.05) is 13.8 Å². The van der Waals surface area contributed by atoms with E-state index >= 15 is 0 Å². The van der Waals surface area contributed by atoms with Crippen molar-refractivity contribution in [2.75, 3.05) is 12.3 Å². The van der Waals surface area contributed by atoms with Crippen LogP contribution in [0.15, 0.2) is 29.3 Å². The highest BCUT2D eigenvalue weighted by Gasteiger charge is 2.26. The van der Waals surface area contributed by atoms with Gasteiger partial charge >= 0.3 is 6.61 Å². The Morgan fingerprint density at radius 1 is 1.33 bits per heavy atom. The summed E-state index contributed by atoms with van der Waals surface area (Å²) in [6.45, 7) is 1.99. The van der Waals surface area contributed by atoms with Crippen LogP contribution in [0.4, 0.5) is 8.78 Å². The number of guanidine groups is 1. The molecular weight excluding hydrogens is 372 g/mol. The average molecular weight is 402 g/mol. The Bertz CT molecular complexity index is 643. The number of benzene rings is 1. The highest BCUT2D eigenvalue weighted by molar-refractivity contribution is 7.85. The fourth-order valence-corrected chi connectivity index (χ4v) is 4.62. The molecule has 1 aromatic rings. The number of hydrogen-bond donors (Lipinski definition) is 2. The molecule has 3 atom stereocenters. The van der Waals surface area contributed by atoms with Crippen LogP contribution in [0.2, 0.25) is 0 Å². The third-order valence-electron chi connectivity index (χ3n) is 4.56. The van der Waals surface area contributed by atoms with Gasteiger partial charge in [-0.2, -0.15) is 8.78 Å².